The summed E-state index contributed by atoms with van der Waals surface area (Å²) in [5.41, 5.74) is 2.39. The SMILES string of the molecule is Cc1ccc(C(=O)CCC(=O)O[C@H](C)C(=O)N[C@H]2CCCc3ccccc32)s1. The van der Waals surface area contributed by atoms with E-state index in [2.05, 4.69) is 11.4 Å². The predicted octanol–water partition coefficient (Wildman–Crippen LogP) is 4.14. The average Bonchev–Trinajstić information content (AvgIpc) is 3.13. The molecule has 0 unspecified atom stereocenters. The molecule has 0 aliphatic heterocycles. The monoisotopic (exact) mass is 399 g/mol. The van der Waals surface area contributed by atoms with Gasteiger partial charge in [-0.15, -0.1) is 11.3 Å². The standard InChI is InChI=1S/C22H25NO4S/c1-14-10-12-20(28-14)19(24)11-13-21(25)27-15(2)22(26)23-18-9-5-7-16-6-3-4-8-17(16)18/h3-4,6,8,10,12,15,18H,5,7,9,11,13H2,1-2H3,(H,23,26)/t15-,18+/m1/s1. The minimum absolute atomic E-state index is 0.0281. The lowest BCUT2D eigenvalue weighted by atomic mass is 9.87. The average molecular weight is 400 g/mol. The van der Waals surface area contributed by atoms with Gasteiger partial charge in [0, 0.05) is 11.3 Å². The predicted molar refractivity (Wildman–Crippen MR) is 108 cm³/mol. The zero-order valence-corrected chi connectivity index (χ0v) is 17.0. The molecule has 0 spiro atoms. The Morgan fingerprint density at radius 3 is 2.71 bits per heavy atom. The lowest BCUT2D eigenvalue weighted by Crippen LogP contribution is -2.39. The number of benzene rings is 1. The highest BCUT2D eigenvalue weighted by atomic mass is 32.1. The Kier molecular flexibility index (Phi) is 6.62. The number of carbonyl (C=O) groups excluding carboxylic acids is 3. The highest BCUT2D eigenvalue weighted by Gasteiger charge is 2.25. The van der Waals surface area contributed by atoms with E-state index in [1.165, 1.54) is 16.9 Å². The van der Waals surface area contributed by atoms with Gasteiger partial charge < -0.3 is 10.1 Å². The maximum Gasteiger partial charge on any atom is 0.307 e. The smallest absolute Gasteiger partial charge is 0.307 e. The van der Waals surface area contributed by atoms with E-state index in [0.29, 0.717) is 4.88 Å². The Morgan fingerprint density at radius 2 is 1.96 bits per heavy atom. The van der Waals surface area contributed by atoms with Crippen LogP contribution in [0.15, 0.2) is 36.4 Å². The lowest BCUT2D eigenvalue weighted by molar-refractivity contribution is -0.155. The van der Waals surface area contributed by atoms with Crippen LogP contribution in [0.5, 0.6) is 0 Å². The van der Waals surface area contributed by atoms with Crippen LogP contribution in [-0.2, 0) is 20.7 Å². The van der Waals surface area contributed by atoms with Crippen LogP contribution in [0.2, 0.25) is 0 Å². The summed E-state index contributed by atoms with van der Waals surface area (Å²) >= 11 is 1.41. The minimum Gasteiger partial charge on any atom is -0.453 e. The zero-order valence-electron chi connectivity index (χ0n) is 16.2. The number of rotatable bonds is 7. The van der Waals surface area contributed by atoms with Gasteiger partial charge in [0.2, 0.25) is 0 Å². The first-order valence-electron chi connectivity index (χ1n) is 9.61. The van der Waals surface area contributed by atoms with Gasteiger partial charge in [0.25, 0.3) is 5.91 Å². The third kappa shape index (κ3) is 5.07. The normalized spacial score (nSPS) is 16.7. The van der Waals surface area contributed by atoms with Gasteiger partial charge in [-0.05, 0) is 56.4 Å². The first-order chi connectivity index (χ1) is 13.4. The number of fused-ring (bicyclic) bond motifs is 1. The number of carbonyl (C=O) groups is 3. The van der Waals surface area contributed by atoms with Gasteiger partial charge in [-0.25, -0.2) is 0 Å². The third-order valence-electron chi connectivity index (χ3n) is 4.93. The van der Waals surface area contributed by atoms with Crippen molar-refractivity contribution in [1.82, 2.24) is 5.32 Å². The van der Waals surface area contributed by atoms with Gasteiger partial charge >= 0.3 is 5.97 Å². The first-order valence-corrected chi connectivity index (χ1v) is 10.4. The van der Waals surface area contributed by atoms with E-state index < -0.39 is 12.1 Å². The maximum absolute atomic E-state index is 12.5. The number of thiophene rings is 1. The van der Waals surface area contributed by atoms with Crippen molar-refractivity contribution in [2.24, 2.45) is 0 Å². The van der Waals surface area contributed by atoms with Crippen molar-refractivity contribution in [1.29, 1.82) is 0 Å². The summed E-state index contributed by atoms with van der Waals surface area (Å²) in [5.74, 6) is -0.922. The van der Waals surface area contributed by atoms with Crippen LogP contribution < -0.4 is 5.32 Å². The molecule has 6 heteroatoms. The molecule has 2 aromatic rings. The number of nitrogens with one attached hydrogen (secondary N) is 1. The Hall–Kier alpha value is -2.47. The van der Waals surface area contributed by atoms with Crippen molar-refractivity contribution in [2.75, 3.05) is 0 Å². The molecule has 0 bridgehead atoms. The summed E-state index contributed by atoms with van der Waals surface area (Å²) < 4.78 is 5.23. The maximum atomic E-state index is 12.5. The molecule has 5 nitrogen and oxygen atoms in total. The molecule has 1 heterocycles. The number of amides is 1. The van der Waals surface area contributed by atoms with E-state index >= 15 is 0 Å². The van der Waals surface area contributed by atoms with E-state index in [-0.39, 0.29) is 30.6 Å². The summed E-state index contributed by atoms with van der Waals surface area (Å²) in [6.45, 7) is 3.49. The number of ether oxygens (including phenoxy) is 1. The summed E-state index contributed by atoms with van der Waals surface area (Å²) in [6.07, 6.45) is 2.08. The van der Waals surface area contributed by atoms with Crippen molar-refractivity contribution in [3.05, 3.63) is 57.3 Å². The summed E-state index contributed by atoms with van der Waals surface area (Å²) in [6, 6.07) is 11.7. The zero-order chi connectivity index (χ0) is 20.1. The highest BCUT2D eigenvalue weighted by molar-refractivity contribution is 7.14. The summed E-state index contributed by atoms with van der Waals surface area (Å²) in [4.78, 5) is 38.3. The molecule has 1 amide bonds. The summed E-state index contributed by atoms with van der Waals surface area (Å²) in [5, 5.41) is 2.99. The minimum atomic E-state index is -0.888. The van der Waals surface area contributed by atoms with Gasteiger partial charge in [-0.1, -0.05) is 24.3 Å². The van der Waals surface area contributed by atoms with Crippen molar-refractivity contribution in [3.8, 4) is 0 Å². The molecule has 0 fully saturated rings. The van der Waals surface area contributed by atoms with E-state index in [1.807, 2.05) is 31.2 Å². The molecule has 148 valence electrons. The van der Waals surface area contributed by atoms with Gasteiger partial charge in [0.05, 0.1) is 17.3 Å². The molecule has 0 saturated heterocycles. The van der Waals surface area contributed by atoms with Crippen molar-refractivity contribution in [2.45, 2.75) is 58.1 Å². The Bertz CT molecular complexity index is 873. The lowest BCUT2D eigenvalue weighted by Gasteiger charge is -2.27. The number of esters is 1. The molecule has 1 N–H and O–H groups in total. The fourth-order valence-electron chi connectivity index (χ4n) is 3.43. The molecule has 0 saturated carbocycles. The quantitative estimate of drug-likeness (QED) is 0.561. The number of hydrogen-bond acceptors (Lipinski definition) is 5. The molecule has 1 aliphatic rings. The van der Waals surface area contributed by atoms with Gasteiger partial charge in [0.15, 0.2) is 11.9 Å². The van der Waals surface area contributed by atoms with Crippen LogP contribution in [0.4, 0.5) is 0 Å². The number of aryl methyl sites for hydroxylation is 2. The fourth-order valence-corrected chi connectivity index (χ4v) is 4.26. The van der Waals surface area contributed by atoms with E-state index in [9.17, 15) is 14.4 Å². The largest absolute Gasteiger partial charge is 0.453 e. The van der Waals surface area contributed by atoms with Crippen LogP contribution in [0.1, 0.15) is 64.3 Å². The molecule has 28 heavy (non-hydrogen) atoms. The van der Waals surface area contributed by atoms with E-state index in [0.717, 1.165) is 29.7 Å². The van der Waals surface area contributed by atoms with Crippen molar-refractivity contribution < 1.29 is 19.1 Å². The number of ketones is 1. The van der Waals surface area contributed by atoms with Crippen LogP contribution in [-0.4, -0.2) is 23.8 Å². The summed E-state index contributed by atoms with van der Waals surface area (Å²) in [7, 11) is 0. The van der Waals surface area contributed by atoms with Crippen LogP contribution in [0.25, 0.3) is 0 Å². The fraction of sp³-hybridized carbons (Fsp3) is 0.409. The second-order valence-corrected chi connectivity index (χ2v) is 8.41. The Morgan fingerprint density at radius 1 is 1.18 bits per heavy atom. The second-order valence-electron chi connectivity index (χ2n) is 7.12. The second kappa shape index (κ2) is 9.15. The van der Waals surface area contributed by atoms with E-state index in [1.54, 1.807) is 13.0 Å². The molecule has 2 atom stereocenters. The highest BCUT2D eigenvalue weighted by Crippen LogP contribution is 2.29. The molecular formula is C22H25NO4S. The molecular weight excluding hydrogens is 374 g/mol. The van der Waals surface area contributed by atoms with Gasteiger partial charge in [-0.2, -0.15) is 0 Å². The Labute approximate surface area is 169 Å². The molecule has 1 aliphatic carbocycles. The van der Waals surface area contributed by atoms with Crippen LogP contribution in [0.3, 0.4) is 0 Å². The van der Waals surface area contributed by atoms with Crippen molar-refractivity contribution >= 4 is 29.0 Å². The molecule has 1 aromatic heterocycles. The van der Waals surface area contributed by atoms with Crippen LogP contribution in [0, 0.1) is 6.92 Å². The molecule has 1 aromatic carbocycles. The molecule has 3 rings (SSSR count). The van der Waals surface area contributed by atoms with Gasteiger partial charge in [-0.3, -0.25) is 14.4 Å². The van der Waals surface area contributed by atoms with Gasteiger partial charge in [0.1, 0.15) is 0 Å². The van der Waals surface area contributed by atoms with Crippen LogP contribution >= 0.6 is 11.3 Å². The third-order valence-corrected chi connectivity index (χ3v) is 5.98. The Balaban J connectivity index is 1.48. The van der Waals surface area contributed by atoms with E-state index in [4.69, 9.17) is 4.74 Å². The first kappa shape index (κ1) is 20.3. The number of Topliss-reactive ketones (excluding diaryl/α,β-unsaturated/α-hetero) is 1. The topological polar surface area (TPSA) is 72.5 Å². The molecule has 0 radical (unpaired) electrons. The number of hydrogen-bond donors (Lipinski definition) is 1. The van der Waals surface area contributed by atoms with Crippen molar-refractivity contribution in [3.63, 3.8) is 0 Å².